The predicted octanol–water partition coefficient (Wildman–Crippen LogP) is 2.41. The molecule has 0 spiro atoms. The Morgan fingerprint density at radius 2 is 1.92 bits per heavy atom. The van der Waals surface area contributed by atoms with E-state index in [1.54, 1.807) is 6.20 Å². The average Bonchev–Trinajstić information content (AvgIpc) is 2.64. The second kappa shape index (κ2) is 7.74. The Labute approximate surface area is 141 Å². The highest BCUT2D eigenvalue weighted by Crippen LogP contribution is 2.21. The molecule has 0 aliphatic carbocycles. The minimum absolute atomic E-state index is 0.000196. The number of benzene rings is 1. The topological polar surface area (TPSA) is 79.4 Å². The number of carbonyl (C=O) groups is 1. The van der Waals surface area contributed by atoms with Crippen molar-refractivity contribution >= 4 is 28.8 Å². The van der Waals surface area contributed by atoms with E-state index in [1.807, 2.05) is 37.3 Å². The Morgan fingerprint density at radius 3 is 2.62 bits per heavy atom. The first-order valence-corrected chi connectivity index (χ1v) is 8.07. The molecule has 1 amide bonds. The highest BCUT2D eigenvalue weighted by atomic mass is 16.5. The molecule has 1 aromatic carbocycles. The van der Waals surface area contributed by atoms with Crippen LogP contribution in [0.5, 0.6) is 0 Å². The zero-order valence-corrected chi connectivity index (χ0v) is 13.7. The van der Waals surface area contributed by atoms with E-state index in [-0.39, 0.29) is 5.91 Å². The minimum atomic E-state index is -0.000196. The summed E-state index contributed by atoms with van der Waals surface area (Å²) in [6.45, 7) is 5.01. The van der Waals surface area contributed by atoms with Crippen molar-refractivity contribution in [2.24, 2.45) is 0 Å². The third-order valence-corrected chi connectivity index (χ3v) is 3.78. The molecule has 0 saturated carbocycles. The van der Waals surface area contributed by atoms with Crippen LogP contribution in [0.1, 0.15) is 13.3 Å². The number of ether oxygens (including phenoxy) is 1. The maximum Gasteiger partial charge on any atom is 0.224 e. The zero-order valence-electron chi connectivity index (χ0n) is 13.7. The normalized spacial score (nSPS) is 14.3. The van der Waals surface area contributed by atoms with Crippen LogP contribution in [0.15, 0.2) is 36.5 Å². The highest BCUT2D eigenvalue weighted by molar-refractivity contribution is 5.90. The summed E-state index contributed by atoms with van der Waals surface area (Å²) in [4.78, 5) is 13.6. The lowest BCUT2D eigenvalue weighted by molar-refractivity contribution is -0.115. The summed E-state index contributed by atoms with van der Waals surface area (Å²) in [5.41, 5.74) is 2.70. The molecule has 0 atom stereocenters. The molecule has 2 heterocycles. The van der Waals surface area contributed by atoms with Crippen LogP contribution in [0.25, 0.3) is 0 Å². The van der Waals surface area contributed by atoms with Gasteiger partial charge in [0.1, 0.15) is 0 Å². The van der Waals surface area contributed by atoms with Gasteiger partial charge in [0.25, 0.3) is 0 Å². The van der Waals surface area contributed by atoms with Gasteiger partial charge in [0.15, 0.2) is 5.82 Å². The van der Waals surface area contributed by atoms with Crippen molar-refractivity contribution in [2.45, 2.75) is 13.3 Å². The lowest BCUT2D eigenvalue weighted by atomic mass is 10.2. The van der Waals surface area contributed by atoms with E-state index in [4.69, 9.17) is 4.74 Å². The first-order valence-electron chi connectivity index (χ1n) is 8.07. The van der Waals surface area contributed by atoms with Gasteiger partial charge in [-0.05, 0) is 24.3 Å². The summed E-state index contributed by atoms with van der Waals surface area (Å²) >= 11 is 0. The van der Waals surface area contributed by atoms with Gasteiger partial charge in [0, 0.05) is 37.0 Å². The third kappa shape index (κ3) is 4.20. The van der Waals surface area contributed by atoms with E-state index in [1.165, 1.54) is 0 Å². The summed E-state index contributed by atoms with van der Waals surface area (Å²) in [5.74, 6) is 0.684. The van der Waals surface area contributed by atoms with Gasteiger partial charge < -0.3 is 20.3 Å². The number of carbonyl (C=O) groups excluding carboxylic acids is 1. The van der Waals surface area contributed by atoms with Crippen LogP contribution in [0.3, 0.4) is 0 Å². The average molecular weight is 327 g/mol. The second-order valence-electron chi connectivity index (χ2n) is 5.50. The van der Waals surface area contributed by atoms with E-state index < -0.39 is 0 Å². The molecule has 126 valence electrons. The van der Waals surface area contributed by atoms with Crippen LogP contribution in [0.2, 0.25) is 0 Å². The number of rotatable bonds is 5. The largest absolute Gasteiger partial charge is 0.378 e. The van der Waals surface area contributed by atoms with Gasteiger partial charge in [-0.2, -0.15) is 5.10 Å². The molecule has 7 nitrogen and oxygen atoms in total. The Morgan fingerprint density at radius 1 is 1.21 bits per heavy atom. The van der Waals surface area contributed by atoms with E-state index >= 15 is 0 Å². The first-order chi connectivity index (χ1) is 11.7. The second-order valence-corrected chi connectivity index (χ2v) is 5.50. The molecule has 1 aliphatic rings. The Hall–Kier alpha value is -2.67. The fraction of sp³-hybridized carbons (Fsp3) is 0.353. The van der Waals surface area contributed by atoms with Crippen LogP contribution in [-0.2, 0) is 9.53 Å². The summed E-state index contributed by atoms with van der Waals surface area (Å²) in [6.07, 6.45) is 2.23. The van der Waals surface area contributed by atoms with Crippen molar-refractivity contribution in [3.8, 4) is 0 Å². The molecule has 0 unspecified atom stereocenters. The molecule has 24 heavy (non-hydrogen) atoms. The molecule has 1 aliphatic heterocycles. The number of amides is 1. The van der Waals surface area contributed by atoms with E-state index in [2.05, 4.69) is 25.7 Å². The smallest absolute Gasteiger partial charge is 0.224 e. The van der Waals surface area contributed by atoms with Crippen LogP contribution >= 0.6 is 0 Å². The lowest BCUT2D eigenvalue weighted by Crippen LogP contribution is -2.36. The molecule has 0 bridgehead atoms. The SMILES string of the molecule is CCC(=O)Nc1ccc(Nc2cc(N3CCOCC3)cnn2)cc1. The number of nitrogens with one attached hydrogen (secondary N) is 2. The molecule has 1 fully saturated rings. The lowest BCUT2D eigenvalue weighted by Gasteiger charge is -2.28. The Bertz CT molecular complexity index is 684. The molecule has 1 saturated heterocycles. The number of morpholine rings is 1. The van der Waals surface area contributed by atoms with Crippen molar-refractivity contribution in [2.75, 3.05) is 41.8 Å². The summed E-state index contributed by atoms with van der Waals surface area (Å²) < 4.78 is 5.37. The van der Waals surface area contributed by atoms with Crippen molar-refractivity contribution in [1.29, 1.82) is 0 Å². The predicted molar refractivity (Wildman–Crippen MR) is 93.7 cm³/mol. The van der Waals surface area contributed by atoms with Crippen LogP contribution in [0.4, 0.5) is 22.9 Å². The number of nitrogens with zero attached hydrogens (tertiary/aromatic N) is 3. The van der Waals surface area contributed by atoms with Gasteiger partial charge in [-0.1, -0.05) is 6.92 Å². The van der Waals surface area contributed by atoms with E-state index in [0.717, 1.165) is 43.4 Å². The summed E-state index contributed by atoms with van der Waals surface area (Å²) in [5, 5.41) is 14.3. The van der Waals surface area contributed by atoms with Gasteiger partial charge >= 0.3 is 0 Å². The molecule has 1 aromatic heterocycles. The quantitative estimate of drug-likeness (QED) is 0.878. The standard InChI is InChI=1S/C17H21N5O2/c1-2-17(23)20-14-5-3-13(4-6-14)19-16-11-15(12-18-21-16)22-7-9-24-10-8-22/h3-6,11-12H,2,7-10H2,1H3,(H,19,21)(H,20,23). The number of hydrogen-bond donors (Lipinski definition) is 2. The monoisotopic (exact) mass is 327 g/mol. The first kappa shape index (κ1) is 16.2. The zero-order chi connectivity index (χ0) is 16.8. The van der Waals surface area contributed by atoms with Crippen molar-refractivity contribution < 1.29 is 9.53 Å². The van der Waals surface area contributed by atoms with Crippen LogP contribution in [-0.4, -0.2) is 42.4 Å². The molecular formula is C17H21N5O2. The Balaban J connectivity index is 1.66. The minimum Gasteiger partial charge on any atom is -0.378 e. The fourth-order valence-corrected chi connectivity index (χ4v) is 2.45. The van der Waals surface area contributed by atoms with Crippen LogP contribution in [0, 0.1) is 0 Å². The van der Waals surface area contributed by atoms with Gasteiger partial charge in [-0.15, -0.1) is 5.10 Å². The molecule has 0 radical (unpaired) electrons. The van der Waals surface area contributed by atoms with Gasteiger partial charge in [-0.3, -0.25) is 4.79 Å². The van der Waals surface area contributed by atoms with Crippen molar-refractivity contribution in [3.63, 3.8) is 0 Å². The molecule has 3 rings (SSSR count). The Kier molecular flexibility index (Phi) is 5.22. The van der Waals surface area contributed by atoms with Gasteiger partial charge in [0.2, 0.25) is 5.91 Å². The summed E-state index contributed by atoms with van der Waals surface area (Å²) in [7, 11) is 0. The number of hydrogen-bond acceptors (Lipinski definition) is 6. The van der Waals surface area contributed by atoms with Crippen molar-refractivity contribution in [1.82, 2.24) is 10.2 Å². The third-order valence-electron chi connectivity index (χ3n) is 3.78. The maximum absolute atomic E-state index is 11.4. The number of aromatic nitrogens is 2. The molecule has 2 N–H and O–H groups in total. The maximum atomic E-state index is 11.4. The van der Waals surface area contributed by atoms with Gasteiger partial charge in [-0.25, -0.2) is 0 Å². The fourth-order valence-electron chi connectivity index (χ4n) is 2.45. The van der Waals surface area contributed by atoms with Crippen molar-refractivity contribution in [3.05, 3.63) is 36.5 Å². The molecule has 2 aromatic rings. The molecule has 7 heteroatoms. The van der Waals surface area contributed by atoms with Gasteiger partial charge in [0.05, 0.1) is 25.1 Å². The van der Waals surface area contributed by atoms with E-state index in [0.29, 0.717) is 12.2 Å². The number of anilines is 4. The summed E-state index contributed by atoms with van der Waals surface area (Å²) in [6, 6.07) is 9.48. The molecular weight excluding hydrogens is 306 g/mol. The van der Waals surface area contributed by atoms with E-state index in [9.17, 15) is 4.79 Å². The van der Waals surface area contributed by atoms with Crippen LogP contribution < -0.4 is 15.5 Å². The highest BCUT2D eigenvalue weighted by Gasteiger charge is 2.12.